The van der Waals surface area contributed by atoms with E-state index in [4.69, 9.17) is 27.8 Å². The average Bonchev–Trinajstić information content (AvgIpc) is 2.64. The van der Waals surface area contributed by atoms with Crippen LogP contribution in [0.15, 0.2) is 24.3 Å². The van der Waals surface area contributed by atoms with E-state index in [-0.39, 0.29) is 23.2 Å². The largest absolute Gasteiger partial charge is 0.492 e. The van der Waals surface area contributed by atoms with Crippen LogP contribution in [0.4, 0.5) is 17.3 Å². The Hall–Kier alpha value is -2.58. The van der Waals surface area contributed by atoms with E-state index in [1.807, 2.05) is 25.1 Å². The van der Waals surface area contributed by atoms with Crippen molar-refractivity contribution in [1.82, 2.24) is 9.88 Å². The molecule has 0 amide bonds. The van der Waals surface area contributed by atoms with Gasteiger partial charge in [0.2, 0.25) is 5.82 Å². The molecule has 4 N–H and O–H groups in total. The molecule has 1 saturated heterocycles. The summed E-state index contributed by atoms with van der Waals surface area (Å²) in [5, 5.41) is 12.0. The van der Waals surface area contributed by atoms with Crippen LogP contribution in [0.3, 0.4) is 0 Å². The van der Waals surface area contributed by atoms with Crippen molar-refractivity contribution < 1.29 is 9.66 Å². The van der Waals surface area contributed by atoms with Crippen molar-refractivity contribution >= 4 is 28.9 Å². The number of anilines is 2. The van der Waals surface area contributed by atoms with Crippen LogP contribution in [-0.4, -0.2) is 34.5 Å². The maximum Gasteiger partial charge on any atom is 0.314 e. The maximum absolute atomic E-state index is 11.4. The Morgan fingerprint density at radius 1 is 1.32 bits per heavy atom. The molecule has 2 heterocycles. The average molecular weight is 406 g/mol. The third kappa shape index (κ3) is 4.45. The molecule has 150 valence electrons. The molecule has 0 saturated carbocycles. The van der Waals surface area contributed by atoms with Gasteiger partial charge in [0.05, 0.1) is 16.6 Å². The summed E-state index contributed by atoms with van der Waals surface area (Å²) >= 11 is 6.15. The van der Waals surface area contributed by atoms with Gasteiger partial charge in [-0.15, -0.1) is 0 Å². The van der Waals surface area contributed by atoms with Crippen LogP contribution in [0.2, 0.25) is 5.02 Å². The molecule has 1 aromatic carbocycles. The smallest absolute Gasteiger partial charge is 0.314 e. The highest BCUT2D eigenvalue weighted by atomic mass is 35.5. The van der Waals surface area contributed by atoms with Crippen molar-refractivity contribution in [1.29, 1.82) is 0 Å². The summed E-state index contributed by atoms with van der Waals surface area (Å²) in [4.78, 5) is 17.1. The second-order valence-electron chi connectivity index (χ2n) is 6.88. The number of rotatable bonds is 6. The summed E-state index contributed by atoms with van der Waals surface area (Å²) in [5.74, 6) is 0.820. The molecular weight excluding hydrogens is 382 g/mol. The van der Waals surface area contributed by atoms with Crippen molar-refractivity contribution in [3.63, 3.8) is 0 Å². The zero-order valence-electron chi connectivity index (χ0n) is 15.7. The monoisotopic (exact) mass is 405 g/mol. The van der Waals surface area contributed by atoms with Gasteiger partial charge in [-0.2, -0.15) is 0 Å². The van der Waals surface area contributed by atoms with Crippen molar-refractivity contribution in [2.24, 2.45) is 0 Å². The van der Waals surface area contributed by atoms with Gasteiger partial charge in [0, 0.05) is 12.1 Å². The van der Waals surface area contributed by atoms with E-state index in [1.165, 1.54) is 0 Å². The second kappa shape index (κ2) is 8.62. The van der Waals surface area contributed by atoms with Crippen LogP contribution < -0.4 is 16.2 Å². The third-order valence-electron chi connectivity index (χ3n) is 4.98. The second-order valence-corrected chi connectivity index (χ2v) is 7.28. The first-order valence-corrected chi connectivity index (χ1v) is 9.60. The van der Waals surface area contributed by atoms with E-state index in [0.29, 0.717) is 22.9 Å². The Morgan fingerprint density at radius 3 is 2.68 bits per heavy atom. The number of benzene rings is 1. The molecule has 0 radical (unpaired) electrons. The predicted octanol–water partition coefficient (Wildman–Crippen LogP) is 3.59. The summed E-state index contributed by atoms with van der Waals surface area (Å²) in [6.45, 7) is 4.89. The van der Waals surface area contributed by atoms with Gasteiger partial charge in [0.1, 0.15) is 11.6 Å². The molecule has 2 aromatic rings. The molecule has 1 aromatic heterocycles. The molecule has 28 heavy (non-hydrogen) atoms. The number of nitrogens with two attached hydrogens (primary N) is 2. The summed E-state index contributed by atoms with van der Waals surface area (Å²) in [6, 6.07) is 7.39. The predicted molar refractivity (Wildman–Crippen MR) is 110 cm³/mol. The number of aromatic nitrogens is 1. The maximum atomic E-state index is 11.4. The lowest BCUT2D eigenvalue weighted by atomic mass is 9.88. The molecule has 8 nitrogen and oxygen atoms in total. The fourth-order valence-electron chi connectivity index (χ4n) is 3.68. The Balaban J connectivity index is 1.69. The highest BCUT2D eigenvalue weighted by Crippen LogP contribution is 2.38. The number of nitrogens with zero attached hydrogens (tertiary/aromatic N) is 3. The summed E-state index contributed by atoms with van der Waals surface area (Å²) < 4.78 is 5.56. The van der Waals surface area contributed by atoms with Gasteiger partial charge < -0.3 is 16.2 Å². The summed E-state index contributed by atoms with van der Waals surface area (Å²) in [7, 11) is 0. The van der Waals surface area contributed by atoms with Crippen LogP contribution in [0, 0.1) is 10.1 Å². The number of likely N-dealkylation sites (tertiary alicyclic amines) is 1. The highest BCUT2D eigenvalue weighted by Gasteiger charge is 2.29. The van der Waals surface area contributed by atoms with Crippen molar-refractivity contribution in [3.8, 4) is 5.75 Å². The van der Waals surface area contributed by atoms with Gasteiger partial charge >= 0.3 is 5.69 Å². The quantitative estimate of drug-likeness (QED) is 0.556. The molecule has 0 bridgehead atoms. The first-order chi connectivity index (χ1) is 13.4. The molecule has 1 aliphatic heterocycles. The lowest BCUT2D eigenvalue weighted by Crippen LogP contribution is -2.32. The number of ether oxygens (including phenoxy) is 1. The minimum absolute atomic E-state index is 0.0356. The normalized spacial score (nSPS) is 15.5. The molecule has 0 unspecified atom stereocenters. The Labute approximate surface area is 168 Å². The van der Waals surface area contributed by atoms with Gasteiger partial charge in [-0.05, 0) is 62.5 Å². The lowest BCUT2D eigenvalue weighted by Gasteiger charge is -2.32. The Morgan fingerprint density at radius 2 is 2.04 bits per heavy atom. The topological polar surface area (TPSA) is 121 Å². The molecule has 0 aliphatic carbocycles. The first-order valence-electron chi connectivity index (χ1n) is 9.22. The van der Waals surface area contributed by atoms with Crippen molar-refractivity contribution in [3.05, 3.63) is 50.5 Å². The number of piperidine rings is 1. The molecule has 9 heteroatoms. The van der Waals surface area contributed by atoms with Gasteiger partial charge in [-0.25, -0.2) is 4.98 Å². The molecular formula is C19H24ClN5O3. The number of pyridine rings is 1. The Kier molecular flexibility index (Phi) is 6.21. The summed E-state index contributed by atoms with van der Waals surface area (Å²) in [5.41, 5.74) is 13.1. The minimum atomic E-state index is -0.466. The molecule has 1 fully saturated rings. The molecule has 3 rings (SSSR count). The van der Waals surface area contributed by atoms with Crippen LogP contribution in [0.25, 0.3) is 0 Å². The summed E-state index contributed by atoms with van der Waals surface area (Å²) in [6.07, 6.45) is 1.57. The highest BCUT2D eigenvalue weighted by molar-refractivity contribution is 6.32. The van der Waals surface area contributed by atoms with Crippen LogP contribution >= 0.6 is 11.6 Å². The molecule has 0 atom stereocenters. The van der Waals surface area contributed by atoms with E-state index in [2.05, 4.69) is 9.88 Å². The van der Waals surface area contributed by atoms with Crippen LogP contribution in [0.1, 0.15) is 36.8 Å². The van der Waals surface area contributed by atoms with Gasteiger partial charge in [0.25, 0.3) is 0 Å². The van der Waals surface area contributed by atoms with Crippen LogP contribution in [-0.2, 0) is 6.54 Å². The van der Waals surface area contributed by atoms with E-state index < -0.39 is 4.92 Å². The van der Waals surface area contributed by atoms with E-state index in [0.717, 1.165) is 38.0 Å². The van der Waals surface area contributed by atoms with Crippen molar-refractivity contribution in [2.75, 3.05) is 31.2 Å². The number of halogens is 1. The first kappa shape index (κ1) is 20.2. The molecule has 1 aliphatic rings. The standard InChI is InChI=1S/C19H24ClN5O3/c1-2-28-16-9-12(3-4-15(16)20)11-24-7-5-13(6-8-24)14-10-17(21)23-19(22)18(14)25(26)27/h3-4,9-10,13H,2,5-8,11H2,1H3,(H4,21,22,23). The van der Waals surface area contributed by atoms with Crippen molar-refractivity contribution in [2.45, 2.75) is 32.2 Å². The van der Waals surface area contributed by atoms with Gasteiger partial charge in [-0.1, -0.05) is 17.7 Å². The fourth-order valence-corrected chi connectivity index (χ4v) is 3.85. The fraction of sp³-hybridized carbons (Fsp3) is 0.421. The number of nitro groups is 1. The van der Waals surface area contributed by atoms with E-state index >= 15 is 0 Å². The Bertz CT molecular complexity index is 869. The minimum Gasteiger partial charge on any atom is -0.492 e. The van der Waals surface area contributed by atoms with Crippen LogP contribution in [0.5, 0.6) is 5.75 Å². The lowest BCUT2D eigenvalue weighted by molar-refractivity contribution is -0.385. The van der Waals surface area contributed by atoms with Gasteiger partial charge in [-0.3, -0.25) is 15.0 Å². The number of hydrogen-bond donors (Lipinski definition) is 2. The SMILES string of the molecule is CCOc1cc(CN2CCC(c3cc(N)nc(N)c3[N+](=O)[O-])CC2)ccc1Cl. The van der Waals surface area contributed by atoms with E-state index in [9.17, 15) is 10.1 Å². The van der Waals surface area contributed by atoms with E-state index in [1.54, 1.807) is 6.07 Å². The molecule has 0 spiro atoms. The zero-order valence-corrected chi connectivity index (χ0v) is 16.5. The third-order valence-corrected chi connectivity index (χ3v) is 5.29. The number of nitrogen functional groups attached to an aromatic ring is 2. The number of hydrogen-bond acceptors (Lipinski definition) is 7. The zero-order chi connectivity index (χ0) is 20.3. The van der Waals surface area contributed by atoms with Gasteiger partial charge in [0.15, 0.2) is 0 Å².